The molecular weight excluding hydrogens is 652 g/mol. The van der Waals surface area contributed by atoms with Gasteiger partial charge >= 0.3 is 18.5 Å². The Labute approximate surface area is 254 Å². The lowest BCUT2D eigenvalue weighted by atomic mass is 9.96. The number of allylic oxidation sites excluding steroid dienone is 2. The Kier molecular flexibility index (Phi) is 21.5. The van der Waals surface area contributed by atoms with E-state index in [1.165, 1.54) is 27.7 Å². The van der Waals surface area contributed by atoms with Gasteiger partial charge in [-0.3, -0.25) is 0 Å². The molecule has 0 fully saturated rings. The van der Waals surface area contributed by atoms with Crippen LogP contribution in [-0.4, -0.2) is 24.5 Å². The molecule has 45 heavy (non-hydrogen) atoms. The molecule has 0 radical (unpaired) electrons. The summed E-state index contributed by atoms with van der Waals surface area (Å²) in [5.41, 5.74) is -2.34. The molecule has 1 rings (SSSR count). The monoisotopic (exact) mass is 694 g/mol. The SMILES string of the molecule is CC(C)(C)C(F)(F)F.CC(C)/C=C/C(F)(F)F.CC(C)C(C)(F)F.CC(C)C(F)(F)F.CC(C)c1c(F)c(F)c(F)c(F)c1F. The maximum Gasteiger partial charge on any atom is 0.409 e. The molecule has 0 heterocycles. The van der Waals surface area contributed by atoms with Gasteiger partial charge in [0.25, 0.3) is 0 Å². The highest BCUT2D eigenvalue weighted by Crippen LogP contribution is 2.36. The third-order valence-electron chi connectivity index (χ3n) is 5.01. The summed E-state index contributed by atoms with van der Waals surface area (Å²) in [5, 5.41) is 0. The Balaban J connectivity index is -0.000000242. The highest BCUT2D eigenvalue weighted by atomic mass is 19.4. The molecule has 1 aromatic carbocycles. The second-order valence-corrected chi connectivity index (χ2v) is 11.8. The summed E-state index contributed by atoms with van der Waals surface area (Å²) < 4.78 is 190. The van der Waals surface area contributed by atoms with Gasteiger partial charge in [-0.2, -0.15) is 39.5 Å². The molecule has 0 amide bonds. The normalized spacial score (nSPS) is 12.7. The van der Waals surface area contributed by atoms with Crippen molar-refractivity contribution in [3.8, 4) is 0 Å². The minimum Gasteiger partial charge on any atom is -0.207 e. The Morgan fingerprint density at radius 1 is 0.489 bits per heavy atom. The van der Waals surface area contributed by atoms with E-state index in [1.807, 2.05) is 0 Å². The quantitative estimate of drug-likeness (QED) is 0.128. The molecule has 0 atom stereocenters. The third kappa shape index (κ3) is 23.8. The van der Waals surface area contributed by atoms with Crippen molar-refractivity contribution < 1.29 is 70.2 Å². The highest BCUT2D eigenvalue weighted by molar-refractivity contribution is 5.26. The molecule has 0 aliphatic carbocycles. The number of rotatable bonds is 3. The molecule has 0 saturated carbocycles. The van der Waals surface area contributed by atoms with Gasteiger partial charge in [0.1, 0.15) is 0 Å². The van der Waals surface area contributed by atoms with Gasteiger partial charge < -0.3 is 0 Å². The topological polar surface area (TPSA) is 0 Å². The first kappa shape index (κ1) is 49.7. The smallest absolute Gasteiger partial charge is 0.207 e. The molecule has 0 aromatic heterocycles. The lowest BCUT2D eigenvalue weighted by Crippen LogP contribution is -2.28. The molecule has 1 aromatic rings. The summed E-state index contributed by atoms with van der Waals surface area (Å²) in [6.45, 7) is 15.7. The standard InChI is InChI=1S/C9H7F5.C6H9F3.C5H9F3.C5H10F2.C4H7F3/c1-3(2)4-5(10)7(12)9(14)8(13)6(4)11;1-5(2)3-4-6(7,8)9;1-4(2,3)5(6,7)8;1-4(2)5(3,6)7;1-3(2)4(5,6)7/h3H,1-2H3;3-5H,1-2H3;1-3H3;4H,1-3H3;3H,1-2H3/b;4-3+;;;. The van der Waals surface area contributed by atoms with Crippen LogP contribution in [0.2, 0.25) is 0 Å². The Morgan fingerprint density at radius 3 is 0.844 bits per heavy atom. The van der Waals surface area contributed by atoms with Gasteiger partial charge in [-0.05, 0) is 18.8 Å². The van der Waals surface area contributed by atoms with Crippen molar-refractivity contribution >= 4 is 0 Å². The number of hydrogen-bond donors (Lipinski definition) is 0. The molecule has 0 N–H and O–H groups in total. The van der Waals surface area contributed by atoms with Crippen LogP contribution >= 0.6 is 0 Å². The lowest BCUT2D eigenvalue weighted by molar-refractivity contribution is -0.204. The van der Waals surface area contributed by atoms with E-state index in [0.717, 1.165) is 47.6 Å². The molecule has 270 valence electrons. The van der Waals surface area contributed by atoms with Crippen LogP contribution < -0.4 is 0 Å². The van der Waals surface area contributed by atoms with E-state index in [2.05, 4.69) is 0 Å². The molecule has 0 unspecified atom stereocenters. The molecule has 0 aliphatic heterocycles. The number of hydrogen-bond acceptors (Lipinski definition) is 0. The predicted octanol–water partition coefficient (Wildman–Crippen LogP) is 13.4. The zero-order chi connectivity index (χ0) is 37.7. The molecular formula is C29H42F16. The van der Waals surface area contributed by atoms with Crippen LogP contribution in [0, 0.1) is 52.3 Å². The highest BCUT2D eigenvalue weighted by Gasteiger charge is 2.43. The van der Waals surface area contributed by atoms with Crippen molar-refractivity contribution in [1.82, 2.24) is 0 Å². The van der Waals surface area contributed by atoms with Crippen LogP contribution in [0.4, 0.5) is 70.2 Å². The van der Waals surface area contributed by atoms with Gasteiger partial charge in [-0.25, -0.2) is 30.7 Å². The van der Waals surface area contributed by atoms with Crippen LogP contribution in [0.3, 0.4) is 0 Å². The van der Waals surface area contributed by atoms with E-state index >= 15 is 0 Å². The third-order valence-corrected chi connectivity index (χ3v) is 5.01. The van der Waals surface area contributed by atoms with Crippen molar-refractivity contribution in [3.63, 3.8) is 0 Å². The molecule has 0 nitrogen and oxygen atoms in total. The fourth-order valence-electron chi connectivity index (χ4n) is 1.43. The summed E-state index contributed by atoms with van der Waals surface area (Å²) in [6, 6.07) is 0. The number of alkyl halides is 11. The van der Waals surface area contributed by atoms with Crippen LogP contribution in [0.5, 0.6) is 0 Å². The van der Waals surface area contributed by atoms with Gasteiger partial charge in [0.15, 0.2) is 23.3 Å². The van der Waals surface area contributed by atoms with Crippen molar-refractivity contribution in [3.05, 3.63) is 46.8 Å². The van der Waals surface area contributed by atoms with Gasteiger partial charge in [0.2, 0.25) is 11.7 Å². The summed E-state index contributed by atoms with van der Waals surface area (Å²) in [5.74, 6) is -14.5. The first-order valence-corrected chi connectivity index (χ1v) is 13.2. The molecule has 16 heteroatoms. The van der Waals surface area contributed by atoms with E-state index in [0.29, 0.717) is 0 Å². The van der Waals surface area contributed by atoms with E-state index in [1.54, 1.807) is 13.8 Å². The zero-order valence-corrected chi connectivity index (χ0v) is 27.0. The summed E-state index contributed by atoms with van der Waals surface area (Å²) in [7, 11) is 0. The average molecular weight is 695 g/mol. The van der Waals surface area contributed by atoms with Gasteiger partial charge in [-0.1, -0.05) is 82.2 Å². The Bertz CT molecular complexity index is 923. The van der Waals surface area contributed by atoms with Crippen LogP contribution in [-0.2, 0) is 0 Å². The fourth-order valence-corrected chi connectivity index (χ4v) is 1.43. The van der Waals surface area contributed by atoms with E-state index < -0.39 is 82.3 Å². The van der Waals surface area contributed by atoms with Crippen molar-refractivity contribution in [1.29, 1.82) is 0 Å². The van der Waals surface area contributed by atoms with Crippen LogP contribution in [0.25, 0.3) is 0 Å². The molecule has 0 bridgehead atoms. The number of benzene rings is 1. The lowest BCUT2D eigenvalue weighted by Gasteiger charge is -2.21. The largest absolute Gasteiger partial charge is 0.409 e. The zero-order valence-electron chi connectivity index (χ0n) is 27.0. The van der Waals surface area contributed by atoms with Crippen LogP contribution in [0.1, 0.15) is 94.6 Å². The summed E-state index contributed by atoms with van der Waals surface area (Å²) >= 11 is 0. The van der Waals surface area contributed by atoms with E-state index in [-0.39, 0.29) is 12.0 Å². The fraction of sp³-hybridized carbons (Fsp3) is 0.724. The Morgan fingerprint density at radius 2 is 0.733 bits per heavy atom. The maximum absolute atomic E-state index is 12.9. The molecule has 0 spiro atoms. The summed E-state index contributed by atoms with van der Waals surface area (Å²) in [4.78, 5) is 0. The van der Waals surface area contributed by atoms with Crippen LogP contribution in [0.15, 0.2) is 12.2 Å². The predicted molar refractivity (Wildman–Crippen MR) is 142 cm³/mol. The van der Waals surface area contributed by atoms with E-state index in [9.17, 15) is 70.2 Å². The van der Waals surface area contributed by atoms with Gasteiger partial charge in [0, 0.05) is 23.5 Å². The minimum absolute atomic E-state index is 0.0355. The number of halogens is 16. The minimum atomic E-state index is -4.15. The second-order valence-electron chi connectivity index (χ2n) is 11.8. The Hall–Kier alpha value is -2.16. The maximum atomic E-state index is 12.9. The van der Waals surface area contributed by atoms with Crippen molar-refractivity contribution in [2.24, 2.45) is 23.2 Å². The summed E-state index contributed by atoms with van der Waals surface area (Å²) in [6.07, 6.45) is -10.8. The first-order valence-electron chi connectivity index (χ1n) is 13.2. The average Bonchev–Trinajstić information content (AvgIpc) is 2.79. The van der Waals surface area contributed by atoms with Gasteiger partial charge in [-0.15, -0.1) is 0 Å². The second kappa shape index (κ2) is 19.5. The van der Waals surface area contributed by atoms with Gasteiger partial charge in [0.05, 0.1) is 5.41 Å². The first-order chi connectivity index (χ1) is 19.4. The van der Waals surface area contributed by atoms with Crippen molar-refractivity contribution in [2.45, 2.75) is 113 Å². The van der Waals surface area contributed by atoms with Crippen molar-refractivity contribution in [2.75, 3.05) is 0 Å². The molecule has 0 aliphatic rings. The molecule has 0 saturated heterocycles. The van der Waals surface area contributed by atoms with E-state index in [4.69, 9.17) is 0 Å².